The predicted octanol–water partition coefficient (Wildman–Crippen LogP) is 0.368. The summed E-state index contributed by atoms with van der Waals surface area (Å²) >= 11 is 0. The average Bonchev–Trinajstić information content (AvgIpc) is 2.83. The van der Waals surface area contributed by atoms with E-state index in [1.807, 2.05) is 6.08 Å². The van der Waals surface area contributed by atoms with Crippen molar-refractivity contribution in [2.75, 3.05) is 0 Å². The number of fused-ring (bicyclic) bond motifs is 5. The topological polar surface area (TPSA) is 83.5 Å². The van der Waals surface area contributed by atoms with Crippen LogP contribution in [0.2, 0.25) is 0 Å². The second-order valence-corrected chi connectivity index (χ2v) is 10.1. The minimum Gasteiger partial charge on any atom is -0.726 e. The molecule has 0 aliphatic heterocycles. The zero-order chi connectivity index (χ0) is 18.0. The van der Waals surface area contributed by atoms with Crippen LogP contribution in [0.1, 0.15) is 65.2 Å². The Hall–Kier alpha value is 0.916. The van der Waals surface area contributed by atoms with Crippen LogP contribution in [-0.4, -0.2) is 24.9 Å². The van der Waals surface area contributed by atoms with Crippen molar-refractivity contribution >= 4 is 16.2 Å². The zero-order valence-electron chi connectivity index (χ0n) is 16.0. The maximum absolute atomic E-state index is 11.9. The minimum atomic E-state index is -4.66. The van der Waals surface area contributed by atoms with Crippen LogP contribution < -0.4 is 51.4 Å². The van der Waals surface area contributed by atoms with Gasteiger partial charge in [0, 0.05) is 6.42 Å². The number of rotatable bonds is 2. The Morgan fingerprint density at radius 1 is 1.08 bits per heavy atom. The quantitative estimate of drug-likeness (QED) is 0.376. The van der Waals surface area contributed by atoms with Gasteiger partial charge in [-0.15, -0.1) is 0 Å². The van der Waals surface area contributed by atoms with E-state index >= 15 is 0 Å². The Bertz CT molecular complexity index is 732. The van der Waals surface area contributed by atoms with E-state index < -0.39 is 16.5 Å². The summed E-state index contributed by atoms with van der Waals surface area (Å²) in [5, 5.41) is 0. The molecular weight excluding hydrogens is 379 g/mol. The molecule has 0 aromatic rings. The Morgan fingerprint density at radius 2 is 1.81 bits per heavy atom. The van der Waals surface area contributed by atoms with Gasteiger partial charge >= 0.3 is 51.4 Å². The summed E-state index contributed by atoms with van der Waals surface area (Å²) < 4.78 is 38.4. The third-order valence-electron chi connectivity index (χ3n) is 8.11. The third-order valence-corrected chi connectivity index (χ3v) is 8.58. The molecule has 0 saturated heterocycles. The van der Waals surface area contributed by atoms with Crippen LogP contribution in [0.4, 0.5) is 0 Å². The van der Waals surface area contributed by atoms with Crippen molar-refractivity contribution in [2.45, 2.75) is 71.3 Å². The maximum Gasteiger partial charge on any atom is 1.00 e. The molecule has 4 aliphatic rings. The smallest absolute Gasteiger partial charge is 0.726 e. The number of carbonyl (C=O) groups is 1. The standard InChI is InChI=1S/C19H28O5S.K/c1-18-9-7-13(20)11-12(18)3-4-14-15-5-6-17(24-25(21,22)23)19(15,2)10-8-16(14)18;/h11,14-17H,3-10H2,1-2H3,(H,21,22,23);/q;+1/p-1/t14-,15-,16-,17-,18-,19-;/m0./s1. The van der Waals surface area contributed by atoms with Crippen molar-refractivity contribution in [3.8, 4) is 0 Å². The second-order valence-electron chi connectivity index (χ2n) is 9.08. The van der Waals surface area contributed by atoms with Crippen molar-refractivity contribution in [3.05, 3.63) is 11.6 Å². The molecule has 0 spiro atoms. The molecule has 140 valence electrons. The van der Waals surface area contributed by atoms with E-state index in [2.05, 4.69) is 13.8 Å². The van der Waals surface area contributed by atoms with Crippen LogP contribution in [0.15, 0.2) is 11.6 Å². The van der Waals surface area contributed by atoms with Gasteiger partial charge in [0.05, 0.1) is 6.10 Å². The van der Waals surface area contributed by atoms with Crippen molar-refractivity contribution in [2.24, 2.45) is 28.6 Å². The molecule has 6 atom stereocenters. The summed E-state index contributed by atoms with van der Waals surface area (Å²) in [5.41, 5.74) is 1.23. The molecule has 26 heavy (non-hydrogen) atoms. The molecular formula is C19H27KO5S. The van der Waals surface area contributed by atoms with E-state index in [1.54, 1.807) is 0 Å². The average molecular weight is 407 g/mol. The summed E-state index contributed by atoms with van der Waals surface area (Å²) in [7, 11) is -4.66. The van der Waals surface area contributed by atoms with Crippen LogP contribution in [-0.2, 0) is 19.4 Å². The van der Waals surface area contributed by atoms with Gasteiger partial charge in [0.15, 0.2) is 5.78 Å². The van der Waals surface area contributed by atoms with Gasteiger partial charge in [0.2, 0.25) is 10.4 Å². The SMILES string of the molecule is C[C@]12CC[C@H]3[C@@H](CCC4=CC(=O)CC[C@@]43C)[C@@H]1CC[C@@H]2OS(=O)(=O)[O-].[K+]. The number of ketones is 1. The molecule has 4 aliphatic carbocycles. The molecule has 5 nitrogen and oxygen atoms in total. The van der Waals surface area contributed by atoms with Crippen LogP contribution in [0, 0.1) is 28.6 Å². The van der Waals surface area contributed by atoms with E-state index in [0.717, 1.165) is 38.5 Å². The van der Waals surface area contributed by atoms with Gasteiger partial charge in [0.25, 0.3) is 0 Å². The van der Waals surface area contributed by atoms with Crippen LogP contribution in [0.5, 0.6) is 0 Å². The minimum absolute atomic E-state index is 0. The van der Waals surface area contributed by atoms with Gasteiger partial charge in [-0.05, 0) is 79.6 Å². The first-order valence-electron chi connectivity index (χ1n) is 9.51. The van der Waals surface area contributed by atoms with Gasteiger partial charge in [-0.25, -0.2) is 8.42 Å². The first kappa shape index (κ1) is 21.6. The Morgan fingerprint density at radius 3 is 2.50 bits per heavy atom. The number of allylic oxidation sites excluding steroid dienone is 1. The van der Waals surface area contributed by atoms with Crippen molar-refractivity contribution in [1.29, 1.82) is 0 Å². The first-order valence-corrected chi connectivity index (χ1v) is 10.8. The molecule has 0 bridgehead atoms. The number of hydrogen-bond acceptors (Lipinski definition) is 5. The Labute approximate surface area is 199 Å². The summed E-state index contributed by atoms with van der Waals surface area (Å²) in [6.07, 6.45) is 8.57. The van der Waals surface area contributed by atoms with Gasteiger partial charge < -0.3 is 4.55 Å². The molecule has 0 heterocycles. The summed E-state index contributed by atoms with van der Waals surface area (Å²) in [4.78, 5) is 11.9. The summed E-state index contributed by atoms with van der Waals surface area (Å²) in [6.45, 7) is 4.45. The van der Waals surface area contributed by atoms with Gasteiger partial charge in [-0.3, -0.25) is 8.98 Å². The number of carbonyl (C=O) groups excluding carboxylic acids is 1. The zero-order valence-corrected chi connectivity index (χ0v) is 19.9. The fourth-order valence-corrected chi connectivity index (χ4v) is 7.41. The molecule has 0 radical (unpaired) electrons. The van der Waals surface area contributed by atoms with Gasteiger partial charge in [0.1, 0.15) is 0 Å². The molecule has 3 saturated carbocycles. The summed E-state index contributed by atoms with van der Waals surface area (Å²) in [6, 6.07) is 0. The number of hydrogen-bond donors (Lipinski definition) is 0. The van der Waals surface area contributed by atoms with Crippen molar-refractivity contribution in [1.82, 2.24) is 0 Å². The van der Waals surface area contributed by atoms with Crippen molar-refractivity contribution in [3.63, 3.8) is 0 Å². The Balaban J connectivity index is 0.00000196. The maximum atomic E-state index is 11.9. The van der Waals surface area contributed by atoms with Gasteiger partial charge in [-0.2, -0.15) is 0 Å². The van der Waals surface area contributed by atoms with E-state index in [0.29, 0.717) is 30.6 Å². The summed E-state index contributed by atoms with van der Waals surface area (Å²) in [5.74, 6) is 1.77. The second kappa shape index (κ2) is 7.31. The molecule has 0 N–H and O–H groups in total. The first-order chi connectivity index (χ1) is 11.6. The Kier molecular flexibility index (Phi) is 6.08. The molecule has 4 rings (SSSR count). The van der Waals surface area contributed by atoms with Crippen LogP contribution >= 0.6 is 0 Å². The normalized spacial score (nSPS) is 45.0. The molecule has 0 aromatic heterocycles. The monoisotopic (exact) mass is 406 g/mol. The fraction of sp³-hybridized carbons (Fsp3) is 0.842. The van der Waals surface area contributed by atoms with E-state index in [-0.39, 0.29) is 68.0 Å². The van der Waals surface area contributed by atoms with E-state index in [9.17, 15) is 17.8 Å². The van der Waals surface area contributed by atoms with Crippen LogP contribution in [0.25, 0.3) is 0 Å². The molecule has 0 aromatic carbocycles. The van der Waals surface area contributed by atoms with E-state index in [1.165, 1.54) is 5.57 Å². The molecule has 0 amide bonds. The van der Waals surface area contributed by atoms with Gasteiger partial charge in [-0.1, -0.05) is 19.4 Å². The fourth-order valence-electron chi connectivity index (χ4n) is 6.81. The van der Waals surface area contributed by atoms with Crippen LogP contribution in [0.3, 0.4) is 0 Å². The van der Waals surface area contributed by atoms with E-state index in [4.69, 9.17) is 4.18 Å². The third kappa shape index (κ3) is 3.49. The predicted molar refractivity (Wildman–Crippen MR) is 91.3 cm³/mol. The molecule has 3 fully saturated rings. The largest absolute Gasteiger partial charge is 1.00 e. The van der Waals surface area contributed by atoms with Crippen molar-refractivity contribution < 1.29 is 73.3 Å². The molecule has 0 unspecified atom stereocenters. The molecule has 7 heteroatoms.